The molecular weight excluding hydrogens is 228 g/mol. The van der Waals surface area contributed by atoms with Crippen molar-refractivity contribution in [1.82, 2.24) is 0 Å². The molecule has 1 aromatic carbocycles. The van der Waals surface area contributed by atoms with Crippen LogP contribution in [0.2, 0.25) is 0 Å². The predicted molar refractivity (Wildman–Crippen MR) is 57.3 cm³/mol. The van der Waals surface area contributed by atoms with Crippen LogP contribution in [-0.4, -0.2) is 6.61 Å². The first kappa shape index (κ1) is 9.07. The minimum absolute atomic E-state index is 0.827. The largest absolute Gasteiger partial charge is 0.493 e. The van der Waals surface area contributed by atoms with Crippen molar-refractivity contribution in [3.8, 4) is 5.75 Å². The summed E-state index contributed by atoms with van der Waals surface area (Å²) in [6, 6.07) is 8.25. The molecule has 0 heterocycles. The second-order valence-corrected chi connectivity index (χ2v) is 4.10. The van der Waals surface area contributed by atoms with Crippen molar-refractivity contribution in [3.63, 3.8) is 0 Å². The van der Waals surface area contributed by atoms with E-state index in [2.05, 4.69) is 28.1 Å². The first-order valence-electron chi connectivity index (χ1n) is 4.66. The van der Waals surface area contributed by atoms with Crippen molar-refractivity contribution in [2.45, 2.75) is 18.2 Å². The van der Waals surface area contributed by atoms with Crippen LogP contribution < -0.4 is 4.74 Å². The van der Waals surface area contributed by atoms with Gasteiger partial charge in [-0.25, -0.2) is 0 Å². The van der Waals surface area contributed by atoms with E-state index in [0.717, 1.165) is 23.6 Å². The smallest absolute Gasteiger partial charge is 0.119 e. The summed E-state index contributed by atoms with van der Waals surface area (Å²) in [4.78, 5) is 0. The number of hydrogen-bond acceptors (Lipinski definition) is 1. The number of alkyl halides is 1. The van der Waals surface area contributed by atoms with Crippen LogP contribution in [0.1, 0.15) is 18.4 Å². The Kier molecular flexibility index (Phi) is 2.89. The molecule has 2 heteroatoms. The van der Waals surface area contributed by atoms with Crippen LogP contribution in [0.3, 0.4) is 0 Å². The Hall–Kier alpha value is -0.500. The van der Waals surface area contributed by atoms with Gasteiger partial charge in [0.25, 0.3) is 0 Å². The second-order valence-electron chi connectivity index (χ2n) is 3.54. The van der Waals surface area contributed by atoms with Gasteiger partial charge in [-0.15, -0.1) is 0 Å². The van der Waals surface area contributed by atoms with Crippen molar-refractivity contribution in [2.24, 2.45) is 5.92 Å². The third-order valence-electron chi connectivity index (χ3n) is 2.24. The fourth-order valence-corrected chi connectivity index (χ4v) is 1.57. The Morgan fingerprint density at radius 3 is 2.92 bits per heavy atom. The summed E-state index contributed by atoms with van der Waals surface area (Å²) in [5.74, 6) is 1.83. The lowest BCUT2D eigenvalue weighted by atomic mass is 10.2. The summed E-state index contributed by atoms with van der Waals surface area (Å²) in [6.07, 6.45) is 2.69. The van der Waals surface area contributed by atoms with Crippen LogP contribution in [0, 0.1) is 5.92 Å². The number of ether oxygens (including phenoxy) is 1. The highest BCUT2D eigenvalue weighted by molar-refractivity contribution is 9.08. The third kappa shape index (κ3) is 2.73. The Balaban J connectivity index is 1.93. The van der Waals surface area contributed by atoms with E-state index in [4.69, 9.17) is 4.74 Å². The zero-order chi connectivity index (χ0) is 9.10. The number of rotatable bonds is 4. The molecule has 1 nitrogen and oxygen atoms in total. The highest BCUT2D eigenvalue weighted by atomic mass is 79.9. The highest BCUT2D eigenvalue weighted by Crippen LogP contribution is 2.29. The van der Waals surface area contributed by atoms with Gasteiger partial charge in [-0.3, -0.25) is 0 Å². The molecule has 0 N–H and O–H groups in total. The molecule has 0 bridgehead atoms. The van der Waals surface area contributed by atoms with Gasteiger partial charge in [-0.1, -0.05) is 28.1 Å². The van der Waals surface area contributed by atoms with Crippen LogP contribution >= 0.6 is 15.9 Å². The summed E-state index contributed by atoms with van der Waals surface area (Å²) in [7, 11) is 0. The molecule has 0 aromatic heterocycles. The van der Waals surface area contributed by atoms with Crippen molar-refractivity contribution < 1.29 is 4.74 Å². The number of hydrogen-bond donors (Lipinski definition) is 0. The van der Waals surface area contributed by atoms with Gasteiger partial charge in [0.05, 0.1) is 6.61 Å². The summed E-state index contributed by atoms with van der Waals surface area (Å²) in [5, 5.41) is 0.896. The minimum Gasteiger partial charge on any atom is -0.493 e. The van der Waals surface area contributed by atoms with Crippen molar-refractivity contribution in [2.75, 3.05) is 6.61 Å². The molecule has 1 aliphatic carbocycles. The van der Waals surface area contributed by atoms with Gasteiger partial charge in [0.2, 0.25) is 0 Å². The van der Waals surface area contributed by atoms with E-state index in [1.54, 1.807) is 0 Å². The van der Waals surface area contributed by atoms with Crippen LogP contribution in [0.4, 0.5) is 0 Å². The zero-order valence-electron chi connectivity index (χ0n) is 7.50. The zero-order valence-corrected chi connectivity index (χ0v) is 9.09. The van der Waals surface area contributed by atoms with Crippen molar-refractivity contribution >= 4 is 15.9 Å². The van der Waals surface area contributed by atoms with E-state index in [0.29, 0.717) is 0 Å². The molecule has 0 aliphatic heterocycles. The summed E-state index contributed by atoms with van der Waals surface area (Å²) in [6.45, 7) is 0.895. The molecule has 2 rings (SSSR count). The monoisotopic (exact) mass is 240 g/mol. The van der Waals surface area contributed by atoms with Crippen LogP contribution in [0.15, 0.2) is 24.3 Å². The molecule has 0 radical (unpaired) electrons. The van der Waals surface area contributed by atoms with Crippen LogP contribution in [-0.2, 0) is 5.33 Å². The molecule has 1 saturated carbocycles. The lowest BCUT2D eigenvalue weighted by Crippen LogP contribution is -1.98. The Labute approximate surface area is 87.2 Å². The molecule has 0 unspecified atom stereocenters. The van der Waals surface area contributed by atoms with Gasteiger partial charge in [0, 0.05) is 5.33 Å². The molecule has 0 spiro atoms. The minimum atomic E-state index is 0.827. The quantitative estimate of drug-likeness (QED) is 0.734. The van der Waals surface area contributed by atoms with E-state index in [1.807, 2.05) is 12.1 Å². The van der Waals surface area contributed by atoms with E-state index >= 15 is 0 Å². The summed E-state index contributed by atoms with van der Waals surface area (Å²) in [5.41, 5.74) is 1.27. The highest BCUT2D eigenvalue weighted by Gasteiger charge is 2.21. The van der Waals surface area contributed by atoms with Crippen molar-refractivity contribution in [3.05, 3.63) is 29.8 Å². The lowest BCUT2D eigenvalue weighted by Gasteiger charge is -2.05. The van der Waals surface area contributed by atoms with E-state index in [9.17, 15) is 0 Å². The summed E-state index contributed by atoms with van der Waals surface area (Å²) < 4.78 is 5.65. The number of halogens is 1. The van der Waals surface area contributed by atoms with Gasteiger partial charge < -0.3 is 4.74 Å². The molecule has 70 valence electrons. The molecule has 0 amide bonds. The van der Waals surface area contributed by atoms with Crippen LogP contribution in [0.25, 0.3) is 0 Å². The molecule has 1 fully saturated rings. The maximum absolute atomic E-state index is 5.65. The first-order valence-corrected chi connectivity index (χ1v) is 5.78. The second kappa shape index (κ2) is 4.14. The fraction of sp³-hybridized carbons (Fsp3) is 0.455. The fourth-order valence-electron chi connectivity index (χ4n) is 1.22. The third-order valence-corrected chi connectivity index (χ3v) is 2.88. The Bertz CT molecular complexity index is 281. The molecule has 1 aliphatic rings. The molecule has 0 saturated heterocycles. The first-order chi connectivity index (χ1) is 6.38. The van der Waals surface area contributed by atoms with Crippen LogP contribution in [0.5, 0.6) is 5.75 Å². The average Bonchev–Trinajstić information content (AvgIpc) is 2.99. The van der Waals surface area contributed by atoms with Gasteiger partial charge in [0.1, 0.15) is 5.75 Å². The van der Waals surface area contributed by atoms with E-state index < -0.39 is 0 Å². The van der Waals surface area contributed by atoms with Gasteiger partial charge in [-0.2, -0.15) is 0 Å². The standard InChI is InChI=1S/C11H13BrO/c12-7-10-2-1-3-11(6-10)13-8-9-4-5-9/h1-3,6,9H,4-5,7-8H2. The predicted octanol–water partition coefficient (Wildman–Crippen LogP) is 3.37. The van der Waals surface area contributed by atoms with E-state index in [1.165, 1.54) is 18.4 Å². The topological polar surface area (TPSA) is 9.23 Å². The average molecular weight is 241 g/mol. The van der Waals surface area contributed by atoms with Gasteiger partial charge in [0.15, 0.2) is 0 Å². The maximum Gasteiger partial charge on any atom is 0.119 e. The summed E-state index contributed by atoms with van der Waals surface area (Å²) >= 11 is 3.43. The normalized spacial score (nSPS) is 15.8. The Morgan fingerprint density at radius 1 is 1.38 bits per heavy atom. The lowest BCUT2D eigenvalue weighted by molar-refractivity contribution is 0.299. The van der Waals surface area contributed by atoms with E-state index in [-0.39, 0.29) is 0 Å². The Morgan fingerprint density at radius 2 is 2.23 bits per heavy atom. The number of benzene rings is 1. The maximum atomic E-state index is 5.65. The molecule has 0 atom stereocenters. The van der Waals surface area contributed by atoms with Gasteiger partial charge >= 0.3 is 0 Å². The molecular formula is C11H13BrO. The molecule has 1 aromatic rings. The van der Waals surface area contributed by atoms with Gasteiger partial charge in [-0.05, 0) is 36.5 Å². The SMILES string of the molecule is BrCc1cccc(OCC2CC2)c1. The molecule has 13 heavy (non-hydrogen) atoms. The van der Waals surface area contributed by atoms with Crippen molar-refractivity contribution in [1.29, 1.82) is 0 Å².